The molecule has 1 aromatic carbocycles. The van der Waals surface area contributed by atoms with Crippen molar-refractivity contribution in [3.63, 3.8) is 0 Å². The molecule has 0 bridgehead atoms. The number of piperidine rings is 1. The summed E-state index contributed by atoms with van der Waals surface area (Å²) in [5, 5.41) is 15.2. The molecule has 0 saturated carbocycles. The molecule has 146 valence electrons. The average molecular weight is 413 g/mol. The molecule has 1 aliphatic heterocycles. The first kappa shape index (κ1) is 20.2. The number of nitrogens with zero attached hydrogens (tertiary/aromatic N) is 4. The number of thioether (sulfide) groups is 1. The fourth-order valence-corrected chi connectivity index (χ4v) is 4.64. The van der Waals surface area contributed by atoms with Gasteiger partial charge in [-0.25, -0.2) is 18.4 Å². The molecule has 9 heteroatoms. The maximum Gasteiger partial charge on any atom is 0.137 e. The third kappa shape index (κ3) is 5.24. The molecule has 3 rings (SSSR count). The predicted octanol–water partition coefficient (Wildman–Crippen LogP) is 3.34. The van der Waals surface area contributed by atoms with Crippen LogP contribution in [0.2, 0.25) is 0 Å². The number of halogens is 2. The first-order chi connectivity index (χ1) is 13.0. The van der Waals surface area contributed by atoms with E-state index in [9.17, 15) is 13.9 Å². The normalized spacial score (nSPS) is 16.9. The molecule has 1 aromatic heterocycles. The molecule has 2 heterocycles. The number of hydrogen-bond acceptors (Lipinski definition) is 5. The van der Waals surface area contributed by atoms with Crippen LogP contribution < -0.4 is 0 Å². The Labute approximate surface area is 166 Å². The van der Waals surface area contributed by atoms with Gasteiger partial charge < -0.3 is 10.0 Å². The van der Waals surface area contributed by atoms with Crippen molar-refractivity contribution in [3.05, 3.63) is 48.1 Å². The van der Waals surface area contributed by atoms with Crippen LogP contribution in [0.4, 0.5) is 8.78 Å². The Hall–Kier alpha value is -1.58. The lowest BCUT2D eigenvalue weighted by molar-refractivity contribution is 0.00877. The number of rotatable bonds is 6. The van der Waals surface area contributed by atoms with E-state index >= 15 is 0 Å². The van der Waals surface area contributed by atoms with Gasteiger partial charge in [0.05, 0.1) is 6.54 Å². The highest BCUT2D eigenvalue weighted by molar-refractivity contribution is 8.22. The van der Waals surface area contributed by atoms with Crippen molar-refractivity contribution in [2.75, 3.05) is 18.8 Å². The van der Waals surface area contributed by atoms with Crippen molar-refractivity contribution in [3.8, 4) is 0 Å². The van der Waals surface area contributed by atoms with E-state index in [-0.39, 0.29) is 18.5 Å². The Kier molecular flexibility index (Phi) is 6.78. The van der Waals surface area contributed by atoms with E-state index in [4.69, 9.17) is 12.2 Å². The zero-order valence-electron chi connectivity index (χ0n) is 14.9. The smallest absolute Gasteiger partial charge is 0.137 e. The molecule has 1 N–H and O–H groups in total. The summed E-state index contributed by atoms with van der Waals surface area (Å²) in [5.41, 5.74) is -1.50. The zero-order chi connectivity index (χ0) is 19.3. The van der Waals surface area contributed by atoms with Crippen LogP contribution in [-0.4, -0.2) is 47.9 Å². The number of likely N-dealkylation sites (tertiary alicyclic amines) is 1. The summed E-state index contributed by atoms with van der Waals surface area (Å²) in [4.78, 5) is 6.04. The third-order valence-corrected chi connectivity index (χ3v) is 6.20. The summed E-state index contributed by atoms with van der Waals surface area (Å²) >= 11 is 6.98. The van der Waals surface area contributed by atoms with Gasteiger partial charge in [-0.1, -0.05) is 30.0 Å². The van der Waals surface area contributed by atoms with Gasteiger partial charge in [0.2, 0.25) is 0 Å². The lowest BCUT2D eigenvalue weighted by Gasteiger charge is -2.31. The van der Waals surface area contributed by atoms with E-state index in [0.717, 1.165) is 42.4 Å². The second-order valence-corrected chi connectivity index (χ2v) is 8.39. The Balaban J connectivity index is 1.70. The molecule has 27 heavy (non-hydrogen) atoms. The van der Waals surface area contributed by atoms with Crippen LogP contribution >= 0.6 is 24.0 Å². The Morgan fingerprint density at radius 2 is 2.04 bits per heavy atom. The molecule has 0 spiro atoms. The lowest BCUT2D eigenvalue weighted by Crippen LogP contribution is -2.35. The molecule has 1 saturated heterocycles. The van der Waals surface area contributed by atoms with E-state index in [1.807, 2.05) is 0 Å². The second-order valence-electron chi connectivity index (χ2n) is 6.66. The number of aromatic nitrogens is 3. The van der Waals surface area contributed by atoms with E-state index < -0.39 is 17.2 Å². The van der Waals surface area contributed by atoms with Crippen molar-refractivity contribution < 1.29 is 13.9 Å². The SMILES string of the molecule is O[C@@](CCSC(=S)N1CCCCC1)(Cn1cncn1)c1ccc(F)cc1F. The van der Waals surface area contributed by atoms with E-state index in [0.29, 0.717) is 5.75 Å². The predicted molar refractivity (Wildman–Crippen MR) is 105 cm³/mol. The number of benzene rings is 1. The zero-order valence-corrected chi connectivity index (χ0v) is 16.5. The van der Waals surface area contributed by atoms with Crippen LogP contribution in [0.3, 0.4) is 0 Å². The highest BCUT2D eigenvalue weighted by Gasteiger charge is 2.33. The first-order valence-electron chi connectivity index (χ1n) is 8.90. The highest BCUT2D eigenvalue weighted by atomic mass is 32.2. The van der Waals surface area contributed by atoms with Crippen molar-refractivity contribution >= 4 is 28.3 Å². The fourth-order valence-electron chi connectivity index (χ4n) is 3.22. The van der Waals surface area contributed by atoms with Gasteiger partial charge in [-0.3, -0.25) is 0 Å². The molecule has 0 unspecified atom stereocenters. The summed E-state index contributed by atoms with van der Waals surface area (Å²) in [6.07, 6.45) is 6.55. The lowest BCUT2D eigenvalue weighted by atomic mass is 9.90. The third-order valence-electron chi connectivity index (χ3n) is 4.68. The minimum absolute atomic E-state index is 0.0204. The molecule has 0 aliphatic carbocycles. The van der Waals surface area contributed by atoms with Gasteiger partial charge in [-0.05, 0) is 31.7 Å². The van der Waals surface area contributed by atoms with Crippen molar-refractivity contribution in [2.24, 2.45) is 0 Å². The van der Waals surface area contributed by atoms with E-state index in [1.54, 1.807) is 0 Å². The molecule has 1 atom stereocenters. The first-order valence-corrected chi connectivity index (χ1v) is 10.3. The quantitative estimate of drug-likeness (QED) is 0.735. The highest BCUT2D eigenvalue weighted by Crippen LogP contribution is 2.31. The Bertz CT molecular complexity index is 769. The second kappa shape index (κ2) is 9.07. The van der Waals surface area contributed by atoms with E-state index in [2.05, 4.69) is 15.0 Å². The molecule has 1 aliphatic rings. The maximum absolute atomic E-state index is 14.4. The Morgan fingerprint density at radius 3 is 2.70 bits per heavy atom. The van der Waals surface area contributed by atoms with Gasteiger partial charge >= 0.3 is 0 Å². The summed E-state index contributed by atoms with van der Waals surface area (Å²) in [6, 6.07) is 3.22. The van der Waals surface area contributed by atoms with Gasteiger partial charge in [0.25, 0.3) is 0 Å². The van der Waals surface area contributed by atoms with Crippen molar-refractivity contribution in [2.45, 2.75) is 37.8 Å². The van der Waals surface area contributed by atoms with Gasteiger partial charge in [-0.15, -0.1) is 0 Å². The fraction of sp³-hybridized carbons (Fsp3) is 0.500. The topological polar surface area (TPSA) is 54.2 Å². The van der Waals surface area contributed by atoms with Crippen LogP contribution in [-0.2, 0) is 12.1 Å². The number of thiocarbonyl (C=S) groups is 1. The Morgan fingerprint density at radius 1 is 1.26 bits per heavy atom. The number of aliphatic hydroxyl groups is 1. The molecule has 5 nitrogen and oxygen atoms in total. The molecular weight excluding hydrogens is 390 g/mol. The van der Waals surface area contributed by atoms with Gasteiger partial charge in [0.15, 0.2) is 0 Å². The molecule has 0 radical (unpaired) electrons. The van der Waals surface area contributed by atoms with Crippen molar-refractivity contribution in [1.29, 1.82) is 0 Å². The van der Waals surface area contributed by atoms with Crippen LogP contribution in [0.15, 0.2) is 30.9 Å². The van der Waals surface area contributed by atoms with Crippen LogP contribution in [0, 0.1) is 11.6 Å². The maximum atomic E-state index is 14.4. The summed E-state index contributed by atoms with van der Waals surface area (Å²) in [6.45, 7) is 1.94. The number of hydrogen-bond donors (Lipinski definition) is 1. The summed E-state index contributed by atoms with van der Waals surface area (Å²) in [7, 11) is 0. The average Bonchev–Trinajstić information content (AvgIpc) is 3.15. The minimum Gasteiger partial charge on any atom is -0.383 e. The van der Waals surface area contributed by atoms with Gasteiger partial charge in [0.1, 0.15) is 34.2 Å². The standard InChI is InChI=1S/C18H22F2N4OS2/c19-14-4-5-15(16(20)10-14)18(25,11-24-13-21-12-22-24)6-9-27-17(26)23-7-2-1-3-8-23/h4-5,10,12-13,25H,1-3,6-9,11H2/t18-/m0/s1. The summed E-state index contributed by atoms with van der Waals surface area (Å²) in [5.74, 6) is -0.946. The molecule has 1 fully saturated rings. The summed E-state index contributed by atoms with van der Waals surface area (Å²) < 4.78 is 29.9. The van der Waals surface area contributed by atoms with Gasteiger partial charge in [-0.2, -0.15) is 5.10 Å². The monoisotopic (exact) mass is 412 g/mol. The van der Waals surface area contributed by atoms with Crippen LogP contribution in [0.5, 0.6) is 0 Å². The minimum atomic E-state index is -1.55. The largest absolute Gasteiger partial charge is 0.383 e. The molecule has 0 amide bonds. The van der Waals surface area contributed by atoms with E-state index in [1.165, 1.54) is 41.6 Å². The van der Waals surface area contributed by atoms with Crippen LogP contribution in [0.25, 0.3) is 0 Å². The van der Waals surface area contributed by atoms with Crippen molar-refractivity contribution in [1.82, 2.24) is 19.7 Å². The molecular formula is C18H22F2N4OS2. The van der Waals surface area contributed by atoms with Gasteiger partial charge in [0, 0.05) is 30.5 Å². The molecule has 2 aromatic rings. The van der Waals surface area contributed by atoms with Crippen LogP contribution in [0.1, 0.15) is 31.2 Å².